The molecule has 2 nitrogen and oxygen atoms in total. The number of nitrogens with one attached hydrogen (secondary N) is 1. The normalized spacial score (nSPS) is 17.3. The van der Waals surface area contributed by atoms with Crippen LogP contribution in [-0.4, -0.2) is 31.6 Å². The van der Waals surface area contributed by atoms with Crippen molar-refractivity contribution in [2.45, 2.75) is 32.7 Å². The van der Waals surface area contributed by atoms with E-state index in [1.54, 1.807) is 0 Å². The summed E-state index contributed by atoms with van der Waals surface area (Å²) in [6.45, 7) is 6.91. The first-order valence-corrected chi connectivity index (χ1v) is 7.25. The van der Waals surface area contributed by atoms with Crippen molar-refractivity contribution in [3.8, 4) is 0 Å². The zero-order chi connectivity index (χ0) is 12.8. The lowest BCUT2D eigenvalue weighted by atomic mass is 9.97. The van der Waals surface area contributed by atoms with E-state index in [1.807, 2.05) is 0 Å². The van der Waals surface area contributed by atoms with E-state index in [0.29, 0.717) is 0 Å². The molecule has 0 bridgehead atoms. The Morgan fingerprint density at radius 2 is 1.72 bits per heavy atom. The van der Waals surface area contributed by atoms with E-state index in [0.717, 1.165) is 18.9 Å². The van der Waals surface area contributed by atoms with Crippen LogP contribution in [-0.2, 0) is 13.0 Å². The highest BCUT2D eigenvalue weighted by Crippen LogP contribution is 2.14. The molecular weight excluding hydrogens is 220 g/mol. The highest BCUT2D eigenvalue weighted by Gasteiger charge is 2.14. The molecule has 1 N–H and O–H groups in total. The molecule has 0 atom stereocenters. The van der Waals surface area contributed by atoms with Crippen LogP contribution in [0.5, 0.6) is 0 Å². The molecule has 0 spiro atoms. The first kappa shape index (κ1) is 13.6. The van der Waals surface area contributed by atoms with Crippen LogP contribution in [0, 0.1) is 5.92 Å². The molecule has 0 saturated carbocycles. The molecule has 1 heterocycles. The Labute approximate surface area is 111 Å². The zero-order valence-electron chi connectivity index (χ0n) is 11.8. The zero-order valence-corrected chi connectivity index (χ0v) is 11.8. The van der Waals surface area contributed by atoms with Gasteiger partial charge in [0.15, 0.2) is 0 Å². The van der Waals surface area contributed by atoms with Gasteiger partial charge in [0, 0.05) is 13.1 Å². The Kier molecular flexibility index (Phi) is 5.21. The molecule has 2 rings (SSSR count). The molecule has 1 aromatic carbocycles. The van der Waals surface area contributed by atoms with Crippen molar-refractivity contribution in [1.29, 1.82) is 0 Å². The number of rotatable bonds is 5. The minimum Gasteiger partial charge on any atom is -0.317 e. The standard InChI is InChI=1S/C16H26N2/c1-3-14-4-6-15(7-5-14)12-18(2)13-16-8-10-17-11-9-16/h4-7,16-17H,3,8-13H2,1-2H3. The van der Waals surface area contributed by atoms with E-state index >= 15 is 0 Å². The monoisotopic (exact) mass is 246 g/mol. The van der Waals surface area contributed by atoms with Crippen molar-refractivity contribution in [2.75, 3.05) is 26.7 Å². The van der Waals surface area contributed by atoms with Gasteiger partial charge < -0.3 is 10.2 Å². The first-order chi connectivity index (χ1) is 8.78. The molecule has 1 aliphatic rings. The van der Waals surface area contributed by atoms with Gasteiger partial charge in [0.1, 0.15) is 0 Å². The van der Waals surface area contributed by atoms with E-state index in [1.165, 1.54) is 43.6 Å². The Hall–Kier alpha value is -0.860. The van der Waals surface area contributed by atoms with Crippen LogP contribution < -0.4 is 5.32 Å². The predicted molar refractivity (Wildman–Crippen MR) is 77.7 cm³/mol. The van der Waals surface area contributed by atoms with Crippen molar-refractivity contribution in [1.82, 2.24) is 10.2 Å². The quantitative estimate of drug-likeness (QED) is 0.859. The smallest absolute Gasteiger partial charge is 0.0230 e. The fourth-order valence-electron chi connectivity index (χ4n) is 2.76. The Morgan fingerprint density at radius 1 is 1.11 bits per heavy atom. The Morgan fingerprint density at radius 3 is 2.33 bits per heavy atom. The minimum absolute atomic E-state index is 0.881. The second-order valence-corrected chi connectivity index (χ2v) is 5.56. The number of benzene rings is 1. The molecule has 0 aromatic heterocycles. The summed E-state index contributed by atoms with van der Waals surface area (Å²) in [5, 5.41) is 3.43. The van der Waals surface area contributed by atoms with Gasteiger partial charge in [-0.1, -0.05) is 31.2 Å². The molecule has 18 heavy (non-hydrogen) atoms. The highest BCUT2D eigenvalue weighted by molar-refractivity contribution is 5.22. The molecule has 0 amide bonds. The number of nitrogens with zero attached hydrogens (tertiary/aromatic N) is 1. The van der Waals surface area contributed by atoms with Gasteiger partial charge in [0.25, 0.3) is 0 Å². The van der Waals surface area contributed by atoms with Gasteiger partial charge in [0.2, 0.25) is 0 Å². The first-order valence-electron chi connectivity index (χ1n) is 7.25. The van der Waals surface area contributed by atoms with Gasteiger partial charge in [-0.05, 0) is 56.4 Å². The van der Waals surface area contributed by atoms with Crippen LogP contribution in [0.4, 0.5) is 0 Å². The van der Waals surface area contributed by atoms with E-state index in [-0.39, 0.29) is 0 Å². The molecule has 1 aromatic rings. The summed E-state index contributed by atoms with van der Waals surface area (Å²) >= 11 is 0. The van der Waals surface area contributed by atoms with E-state index in [2.05, 4.69) is 48.5 Å². The second kappa shape index (κ2) is 6.91. The lowest BCUT2D eigenvalue weighted by Crippen LogP contribution is -2.34. The van der Waals surface area contributed by atoms with Crippen LogP contribution in [0.1, 0.15) is 30.9 Å². The molecule has 2 heteroatoms. The van der Waals surface area contributed by atoms with Crippen molar-refractivity contribution < 1.29 is 0 Å². The van der Waals surface area contributed by atoms with Crippen LogP contribution in [0.15, 0.2) is 24.3 Å². The fourth-order valence-corrected chi connectivity index (χ4v) is 2.76. The maximum absolute atomic E-state index is 3.43. The Balaban J connectivity index is 1.80. The summed E-state index contributed by atoms with van der Waals surface area (Å²) in [7, 11) is 2.25. The average Bonchev–Trinajstić information content (AvgIpc) is 2.40. The van der Waals surface area contributed by atoms with E-state index < -0.39 is 0 Å². The lowest BCUT2D eigenvalue weighted by molar-refractivity contribution is 0.234. The molecule has 100 valence electrons. The summed E-state index contributed by atoms with van der Waals surface area (Å²) in [5.41, 5.74) is 2.86. The minimum atomic E-state index is 0.881. The van der Waals surface area contributed by atoms with Gasteiger partial charge >= 0.3 is 0 Å². The molecule has 0 radical (unpaired) electrons. The lowest BCUT2D eigenvalue weighted by Gasteiger charge is -2.27. The maximum atomic E-state index is 3.43. The second-order valence-electron chi connectivity index (χ2n) is 5.56. The highest BCUT2D eigenvalue weighted by atomic mass is 15.1. The van der Waals surface area contributed by atoms with Crippen LogP contribution in [0.25, 0.3) is 0 Å². The van der Waals surface area contributed by atoms with Gasteiger partial charge in [-0.15, -0.1) is 0 Å². The van der Waals surface area contributed by atoms with Crippen LogP contribution >= 0.6 is 0 Å². The van der Waals surface area contributed by atoms with Gasteiger partial charge in [-0.25, -0.2) is 0 Å². The van der Waals surface area contributed by atoms with Crippen molar-refractivity contribution in [3.05, 3.63) is 35.4 Å². The van der Waals surface area contributed by atoms with Crippen molar-refractivity contribution in [3.63, 3.8) is 0 Å². The summed E-state index contributed by atoms with van der Waals surface area (Å²) < 4.78 is 0. The Bertz CT molecular complexity index is 339. The average molecular weight is 246 g/mol. The molecule has 0 aliphatic carbocycles. The van der Waals surface area contributed by atoms with E-state index in [4.69, 9.17) is 0 Å². The third kappa shape index (κ3) is 4.11. The summed E-state index contributed by atoms with van der Waals surface area (Å²) in [6.07, 6.45) is 3.80. The molecular formula is C16H26N2. The summed E-state index contributed by atoms with van der Waals surface area (Å²) in [5.74, 6) is 0.881. The third-order valence-electron chi connectivity index (χ3n) is 3.91. The number of aryl methyl sites for hydroxylation is 1. The predicted octanol–water partition coefficient (Wildman–Crippen LogP) is 2.68. The maximum Gasteiger partial charge on any atom is 0.0230 e. The number of hydrogen-bond donors (Lipinski definition) is 1. The van der Waals surface area contributed by atoms with Gasteiger partial charge in [0.05, 0.1) is 0 Å². The van der Waals surface area contributed by atoms with E-state index in [9.17, 15) is 0 Å². The van der Waals surface area contributed by atoms with Crippen molar-refractivity contribution in [2.24, 2.45) is 5.92 Å². The topological polar surface area (TPSA) is 15.3 Å². The number of piperidine rings is 1. The van der Waals surface area contributed by atoms with Gasteiger partial charge in [-0.3, -0.25) is 0 Å². The molecule has 1 saturated heterocycles. The molecule has 0 unspecified atom stereocenters. The molecule has 1 aliphatic heterocycles. The fraction of sp³-hybridized carbons (Fsp3) is 0.625. The largest absolute Gasteiger partial charge is 0.317 e. The molecule has 1 fully saturated rings. The van der Waals surface area contributed by atoms with Crippen molar-refractivity contribution >= 4 is 0 Å². The third-order valence-corrected chi connectivity index (χ3v) is 3.91. The SMILES string of the molecule is CCc1ccc(CN(C)CC2CCNCC2)cc1. The number of hydrogen-bond acceptors (Lipinski definition) is 2. The van der Waals surface area contributed by atoms with Gasteiger partial charge in [-0.2, -0.15) is 0 Å². The van der Waals surface area contributed by atoms with Crippen LogP contribution in [0.2, 0.25) is 0 Å². The summed E-state index contributed by atoms with van der Waals surface area (Å²) in [6, 6.07) is 9.07. The summed E-state index contributed by atoms with van der Waals surface area (Å²) in [4.78, 5) is 2.47. The van der Waals surface area contributed by atoms with Crippen LogP contribution in [0.3, 0.4) is 0 Å².